The molecule has 3 aliphatic carbocycles. The molecule has 4 atom stereocenters. The van der Waals surface area contributed by atoms with E-state index in [-0.39, 0.29) is 30.8 Å². The van der Waals surface area contributed by atoms with Gasteiger partial charge in [0.25, 0.3) is 0 Å². The van der Waals surface area contributed by atoms with E-state index in [0.29, 0.717) is 55.5 Å². The standard InChI is InChI=1S/C20H23BrN6O.C19H23BrN6O.C18H22BrN7.C18H21BrN6O/c1-20(2)13-10-26(15(11-28)18(13)20)17-6-16(23-8-12-4-3-5-22-7-12)27-19(25-17)14(21)9-24-27;1-19(2,27)15-6-4-8-25(15)17-9-16(22-11-13-5-3-7-21-10-13)26-18(24-17)14(20)12-23-26;19-15-11-23-26-17(22-10-12-2-1-7-21-9-12)8-16(25-18(15)26)24-14-5-3-13(20)4-6-14;19-14-11-22-25-16(21-10-13-4-3-7-20-9-13)8-15(23-17(14)25)24-18(12-26)5-1-2-6-18/h3-7,9,13,15,18,23,28H,8,10-11H2,1-2H3;3,5,7,9-10,12,15,22,27H,4,6,8,11H2,1-2H3;1-2,7-9,11,13-14,22H,3-6,10,20H2,(H,24,25);3-4,7-9,11,21,26H,1-2,5-6,10,12H2,(H,23,24)/t13-,15+,18-;15-;;/m00../s1. The van der Waals surface area contributed by atoms with Gasteiger partial charge in [-0.1, -0.05) is 51.0 Å². The molecule has 17 rings (SSSR count). The van der Waals surface area contributed by atoms with Crippen molar-refractivity contribution in [2.75, 3.05) is 68.0 Å². The number of hydrogen-bond acceptors (Lipinski definition) is 24. The van der Waals surface area contributed by atoms with Crippen LogP contribution < -0.4 is 47.4 Å². The fraction of sp³-hybridized carbons (Fsp3) is 0.413. The molecule has 5 aliphatic rings. The van der Waals surface area contributed by atoms with E-state index in [4.69, 9.17) is 20.7 Å². The number of aliphatic hydroxyl groups excluding tert-OH is 2. The van der Waals surface area contributed by atoms with Crippen LogP contribution in [0.5, 0.6) is 0 Å². The van der Waals surface area contributed by atoms with Crippen molar-refractivity contribution in [3.8, 4) is 0 Å². The number of fused-ring (bicyclic) bond motifs is 5. The van der Waals surface area contributed by atoms with Gasteiger partial charge in [-0.3, -0.25) is 19.9 Å². The van der Waals surface area contributed by atoms with E-state index in [9.17, 15) is 15.3 Å². The van der Waals surface area contributed by atoms with E-state index in [1.54, 1.807) is 63.1 Å². The monoisotopic (exact) mass is 1700 g/mol. The second kappa shape index (κ2) is 33.0. The van der Waals surface area contributed by atoms with Gasteiger partial charge in [0.05, 0.1) is 79.1 Å². The molecule has 3 saturated carbocycles. The second-order valence-corrected chi connectivity index (χ2v) is 32.6. The zero-order valence-corrected chi connectivity index (χ0v) is 66.4. The second-order valence-electron chi connectivity index (χ2n) is 29.2. The van der Waals surface area contributed by atoms with Gasteiger partial charge in [-0.05, 0) is 193 Å². The molecule has 0 spiro atoms. The molecule has 0 radical (unpaired) electrons. The SMILES string of the molecule is CC(C)(O)[C@@H]1CCCN1c1cc(NCc2cccnc2)n2ncc(Br)c2n1.CC1(C)[C@@H]2[C@@H](CO)N(c3cc(NCc4cccnc4)n4ncc(Br)c4n3)C[C@@H]21.NC1CCC(Nc2cc(NCc3cccnc3)n3ncc(Br)c3n2)CC1.OCC1(Nc2cc(NCc3cccnc3)n3ncc(Br)c3n2)CCCC1. The molecule has 0 aromatic carbocycles. The van der Waals surface area contributed by atoms with Gasteiger partial charge in [-0.15, -0.1) is 0 Å². The van der Waals surface area contributed by atoms with Crippen LogP contribution in [0.15, 0.2) is 165 Å². The number of piperidine rings is 1. The third-order valence-electron chi connectivity index (χ3n) is 21.0. The van der Waals surface area contributed by atoms with Crippen LogP contribution >= 0.6 is 63.7 Å². The van der Waals surface area contributed by atoms with Crippen LogP contribution in [0, 0.1) is 17.3 Å². The Hall–Kier alpha value is -8.76. The predicted octanol–water partition coefficient (Wildman–Crippen LogP) is 12.6. The third-order valence-corrected chi connectivity index (χ3v) is 23.3. The largest absolute Gasteiger partial charge is 0.394 e. The summed E-state index contributed by atoms with van der Waals surface area (Å²) >= 11 is 14.2. The van der Waals surface area contributed by atoms with E-state index in [0.717, 1.165) is 187 Å². The summed E-state index contributed by atoms with van der Waals surface area (Å²) in [6.07, 6.45) is 31.9. The Balaban J connectivity index is 0.000000120. The lowest BCUT2D eigenvalue weighted by Gasteiger charge is -2.34. The van der Waals surface area contributed by atoms with Gasteiger partial charge in [0.1, 0.15) is 46.5 Å². The topological polar surface area (TPSA) is 338 Å². The minimum Gasteiger partial charge on any atom is -0.394 e. The molecule has 560 valence electrons. The van der Waals surface area contributed by atoms with Crippen LogP contribution in [-0.4, -0.2) is 155 Å². The first-order valence-electron chi connectivity index (χ1n) is 36.3. The molecule has 32 heteroatoms. The molecular formula is C75H89Br4N25O3. The Morgan fingerprint density at radius 3 is 1.35 bits per heavy atom. The number of aliphatic hydroxyl groups is 3. The number of pyridine rings is 4. The van der Waals surface area contributed by atoms with Crippen molar-refractivity contribution >= 4 is 133 Å². The average Bonchev–Trinajstić information content (AvgIpc) is 1.53. The van der Waals surface area contributed by atoms with Crippen LogP contribution in [-0.2, 0) is 26.2 Å². The number of rotatable bonds is 21. The normalized spacial score (nSPS) is 19.9. The minimum absolute atomic E-state index is 0.0420. The Morgan fingerprint density at radius 2 is 0.935 bits per heavy atom. The molecule has 12 aromatic heterocycles. The first kappa shape index (κ1) is 75.1. The fourth-order valence-electron chi connectivity index (χ4n) is 15.2. The lowest BCUT2D eigenvalue weighted by Crippen LogP contribution is -2.46. The van der Waals surface area contributed by atoms with Gasteiger partial charge in [0.2, 0.25) is 0 Å². The highest BCUT2D eigenvalue weighted by atomic mass is 79.9. The number of hydrogen-bond donors (Lipinski definition) is 10. The number of nitrogens with zero attached hydrogens (tertiary/aromatic N) is 18. The molecule has 0 bridgehead atoms. The van der Waals surface area contributed by atoms with Crippen LogP contribution in [0.25, 0.3) is 22.6 Å². The molecule has 0 amide bonds. The average molecular weight is 1710 g/mol. The van der Waals surface area contributed by atoms with Gasteiger partial charge in [0.15, 0.2) is 22.6 Å². The number of nitrogens with one attached hydrogen (secondary N) is 6. The lowest BCUT2D eigenvalue weighted by atomic mass is 9.92. The van der Waals surface area contributed by atoms with Gasteiger partial charge >= 0.3 is 0 Å². The zero-order chi connectivity index (χ0) is 74.4. The van der Waals surface area contributed by atoms with E-state index in [1.165, 1.54) is 0 Å². The van der Waals surface area contributed by atoms with Gasteiger partial charge in [0, 0.05) is 125 Å². The quantitative estimate of drug-likeness (QED) is 0.0319. The number of anilines is 8. The summed E-state index contributed by atoms with van der Waals surface area (Å²) in [7, 11) is 0. The van der Waals surface area contributed by atoms with Gasteiger partial charge < -0.3 is 62.8 Å². The number of aromatic nitrogens is 16. The molecule has 2 aliphatic heterocycles. The van der Waals surface area contributed by atoms with Gasteiger partial charge in [-0.25, -0.2) is 19.9 Å². The van der Waals surface area contributed by atoms with Crippen molar-refractivity contribution in [3.05, 3.63) is 187 Å². The molecule has 2 saturated heterocycles. The van der Waals surface area contributed by atoms with Gasteiger partial charge in [-0.2, -0.15) is 38.5 Å². The molecule has 28 nitrogen and oxygen atoms in total. The summed E-state index contributed by atoms with van der Waals surface area (Å²) in [5, 5.41) is 69.0. The summed E-state index contributed by atoms with van der Waals surface area (Å²) in [4.78, 5) is 40.2. The summed E-state index contributed by atoms with van der Waals surface area (Å²) in [6.45, 7) is 13.0. The molecule has 11 N–H and O–H groups in total. The summed E-state index contributed by atoms with van der Waals surface area (Å²) in [6, 6.07) is 24.7. The highest BCUT2D eigenvalue weighted by molar-refractivity contribution is 9.11. The highest BCUT2D eigenvalue weighted by Crippen LogP contribution is 2.65. The van der Waals surface area contributed by atoms with Crippen molar-refractivity contribution in [1.82, 2.24) is 78.3 Å². The first-order chi connectivity index (χ1) is 51.8. The first-order valence-corrected chi connectivity index (χ1v) is 39.4. The molecule has 0 unspecified atom stereocenters. The van der Waals surface area contributed by atoms with E-state index < -0.39 is 5.60 Å². The van der Waals surface area contributed by atoms with E-state index in [2.05, 4.69) is 165 Å². The summed E-state index contributed by atoms with van der Waals surface area (Å²) in [5.74, 6) is 7.90. The highest BCUT2D eigenvalue weighted by Gasteiger charge is 2.66. The Bertz CT molecular complexity index is 4960. The van der Waals surface area contributed by atoms with Crippen LogP contribution in [0.1, 0.15) is 114 Å². The van der Waals surface area contributed by atoms with Crippen molar-refractivity contribution in [2.24, 2.45) is 23.0 Å². The molecule has 12 aromatic rings. The van der Waals surface area contributed by atoms with E-state index >= 15 is 0 Å². The Kier molecular flexibility index (Phi) is 23.1. The van der Waals surface area contributed by atoms with Crippen LogP contribution in [0.2, 0.25) is 0 Å². The lowest BCUT2D eigenvalue weighted by molar-refractivity contribution is 0.0533. The maximum Gasteiger partial charge on any atom is 0.173 e. The minimum atomic E-state index is -0.787. The summed E-state index contributed by atoms with van der Waals surface area (Å²) < 4.78 is 10.6. The maximum atomic E-state index is 10.6. The maximum absolute atomic E-state index is 10.6. The third kappa shape index (κ3) is 17.2. The Morgan fingerprint density at radius 1 is 0.523 bits per heavy atom. The van der Waals surface area contributed by atoms with Crippen molar-refractivity contribution in [2.45, 2.75) is 153 Å². The van der Waals surface area contributed by atoms with Crippen molar-refractivity contribution in [1.29, 1.82) is 0 Å². The summed E-state index contributed by atoms with van der Waals surface area (Å²) in [5.41, 5.74) is 12.7. The smallest absolute Gasteiger partial charge is 0.173 e. The zero-order valence-electron chi connectivity index (χ0n) is 60.0. The van der Waals surface area contributed by atoms with Crippen LogP contribution in [0.3, 0.4) is 0 Å². The molecule has 5 fully saturated rings. The molecular weight excluding hydrogens is 1620 g/mol. The molecule has 14 heterocycles. The van der Waals surface area contributed by atoms with Crippen molar-refractivity contribution < 1.29 is 15.3 Å². The van der Waals surface area contributed by atoms with Crippen LogP contribution in [0.4, 0.5) is 46.5 Å². The molecule has 107 heavy (non-hydrogen) atoms. The van der Waals surface area contributed by atoms with E-state index in [1.807, 2.05) is 116 Å². The number of nitrogens with two attached hydrogens (primary N) is 1. The Labute approximate surface area is 653 Å². The van der Waals surface area contributed by atoms with Crippen molar-refractivity contribution in [3.63, 3.8) is 0 Å². The number of halogens is 4. The predicted molar refractivity (Wildman–Crippen MR) is 430 cm³/mol. The fourth-order valence-corrected chi connectivity index (χ4v) is 16.6.